The number of aryl methyl sites for hydroxylation is 1. The molecule has 1 fully saturated rings. The van der Waals surface area contributed by atoms with Gasteiger partial charge in [0.1, 0.15) is 4.47 Å². The first-order chi connectivity index (χ1) is 9.90. The molecule has 0 spiro atoms. The molecular formula is C14H21BrN4O2. The summed E-state index contributed by atoms with van der Waals surface area (Å²) in [4.78, 5) is 26.0. The Balaban J connectivity index is 2.03. The number of carbonyl (C=O) groups excluding carboxylic acids is 1. The monoisotopic (exact) mass is 356 g/mol. The van der Waals surface area contributed by atoms with Gasteiger partial charge in [-0.05, 0) is 42.6 Å². The molecular weight excluding hydrogens is 336 g/mol. The molecule has 116 valence electrons. The van der Waals surface area contributed by atoms with E-state index in [0.29, 0.717) is 4.47 Å². The summed E-state index contributed by atoms with van der Waals surface area (Å²) in [5.41, 5.74) is 0.660. The summed E-state index contributed by atoms with van der Waals surface area (Å²) >= 11 is 3.35. The van der Waals surface area contributed by atoms with Gasteiger partial charge in [0, 0.05) is 32.1 Å². The minimum absolute atomic E-state index is 0.0573. The number of aromatic nitrogens is 2. The second-order valence-electron chi connectivity index (χ2n) is 5.70. The van der Waals surface area contributed by atoms with Gasteiger partial charge >= 0.3 is 0 Å². The van der Waals surface area contributed by atoms with E-state index in [4.69, 9.17) is 0 Å². The molecule has 1 aromatic heterocycles. The number of nitrogens with one attached hydrogen (secondary N) is 1. The van der Waals surface area contributed by atoms with E-state index in [9.17, 15) is 9.59 Å². The molecule has 1 aliphatic heterocycles. The van der Waals surface area contributed by atoms with Crippen LogP contribution in [-0.4, -0.2) is 34.8 Å². The van der Waals surface area contributed by atoms with Gasteiger partial charge in [-0.2, -0.15) is 5.10 Å². The van der Waals surface area contributed by atoms with Gasteiger partial charge in [-0.15, -0.1) is 0 Å². The van der Waals surface area contributed by atoms with Gasteiger partial charge in [0.15, 0.2) is 0 Å². The fraction of sp³-hybridized carbons (Fsp3) is 0.643. The molecule has 2 heterocycles. The van der Waals surface area contributed by atoms with E-state index in [1.54, 1.807) is 13.2 Å². The highest BCUT2D eigenvalue weighted by Gasteiger charge is 2.26. The Morgan fingerprint density at radius 3 is 2.62 bits per heavy atom. The average Bonchev–Trinajstić information content (AvgIpc) is 2.44. The molecule has 21 heavy (non-hydrogen) atoms. The summed E-state index contributed by atoms with van der Waals surface area (Å²) in [5.74, 6) is 0.188. The molecule has 1 aliphatic rings. The van der Waals surface area contributed by atoms with Crippen molar-refractivity contribution < 1.29 is 4.79 Å². The first kappa shape index (κ1) is 16.0. The predicted molar refractivity (Wildman–Crippen MR) is 85.4 cm³/mol. The van der Waals surface area contributed by atoms with Gasteiger partial charge < -0.3 is 10.2 Å². The van der Waals surface area contributed by atoms with Crippen LogP contribution >= 0.6 is 15.9 Å². The van der Waals surface area contributed by atoms with E-state index in [1.165, 1.54) is 4.68 Å². The third-order valence-corrected chi connectivity index (χ3v) is 4.44. The van der Waals surface area contributed by atoms with Crippen molar-refractivity contribution in [3.8, 4) is 0 Å². The molecule has 0 aliphatic carbocycles. The number of amides is 1. The first-order valence-corrected chi connectivity index (χ1v) is 7.96. The lowest BCUT2D eigenvalue weighted by atomic mass is 9.95. The zero-order valence-electron chi connectivity index (χ0n) is 12.6. The molecule has 0 bridgehead atoms. The van der Waals surface area contributed by atoms with Crippen molar-refractivity contribution >= 4 is 27.5 Å². The fourth-order valence-electron chi connectivity index (χ4n) is 2.51. The van der Waals surface area contributed by atoms with E-state index >= 15 is 0 Å². The zero-order chi connectivity index (χ0) is 15.6. The van der Waals surface area contributed by atoms with Crippen LogP contribution in [0, 0.1) is 5.92 Å². The zero-order valence-corrected chi connectivity index (χ0v) is 14.2. The van der Waals surface area contributed by atoms with Crippen LogP contribution in [0.2, 0.25) is 0 Å². The van der Waals surface area contributed by atoms with Crippen LogP contribution in [0.15, 0.2) is 15.5 Å². The topological polar surface area (TPSA) is 67.2 Å². The van der Waals surface area contributed by atoms with Gasteiger partial charge in [0.05, 0.1) is 11.9 Å². The highest BCUT2D eigenvalue weighted by Crippen LogP contribution is 2.27. The quantitative estimate of drug-likeness (QED) is 0.885. The van der Waals surface area contributed by atoms with E-state index in [-0.39, 0.29) is 23.4 Å². The maximum absolute atomic E-state index is 12.0. The number of rotatable bonds is 3. The maximum atomic E-state index is 12.0. The number of halogens is 1. The van der Waals surface area contributed by atoms with Crippen LogP contribution in [0.25, 0.3) is 0 Å². The predicted octanol–water partition coefficient (Wildman–Crippen LogP) is 1.28. The van der Waals surface area contributed by atoms with Crippen LogP contribution in [0.3, 0.4) is 0 Å². The lowest BCUT2D eigenvalue weighted by Gasteiger charge is -2.33. The molecule has 7 heteroatoms. The molecule has 2 rings (SSSR count). The SMILES string of the molecule is CC(C)NC(=O)C1CCN(c2cnn(C)c(=O)c2Br)CC1. The van der Waals surface area contributed by atoms with Crippen LogP contribution in [0.4, 0.5) is 5.69 Å². The van der Waals surface area contributed by atoms with Crippen LogP contribution in [0.5, 0.6) is 0 Å². The van der Waals surface area contributed by atoms with E-state index in [0.717, 1.165) is 31.6 Å². The Labute approximate surface area is 132 Å². The molecule has 1 N–H and O–H groups in total. The Kier molecular flexibility index (Phi) is 5.03. The van der Waals surface area contributed by atoms with Crippen molar-refractivity contribution in [2.75, 3.05) is 18.0 Å². The third kappa shape index (κ3) is 3.64. The van der Waals surface area contributed by atoms with Crippen molar-refractivity contribution in [3.63, 3.8) is 0 Å². The van der Waals surface area contributed by atoms with Crippen molar-refractivity contribution in [1.29, 1.82) is 0 Å². The molecule has 0 saturated carbocycles. The first-order valence-electron chi connectivity index (χ1n) is 7.17. The number of hydrogen-bond acceptors (Lipinski definition) is 4. The largest absolute Gasteiger partial charge is 0.369 e. The molecule has 1 saturated heterocycles. The van der Waals surface area contributed by atoms with Crippen LogP contribution in [0.1, 0.15) is 26.7 Å². The molecule has 6 nitrogen and oxygen atoms in total. The number of hydrogen-bond donors (Lipinski definition) is 1. The third-order valence-electron chi connectivity index (χ3n) is 3.70. The second-order valence-corrected chi connectivity index (χ2v) is 6.49. The molecule has 0 atom stereocenters. The minimum Gasteiger partial charge on any atom is -0.369 e. The summed E-state index contributed by atoms with van der Waals surface area (Å²) in [6, 6.07) is 0.172. The van der Waals surface area contributed by atoms with Gasteiger partial charge in [0.2, 0.25) is 5.91 Å². The number of piperidine rings is 1. The highest BCUT2D eigenvalue weighted by atomic mass is 79.9. The van der Waals surface area contributed by atoms with Crippen molar-refractivity contribution in [2.45, 2.75) is 32.7 Å². The Hall–Kier alpha value is -1.37. The Bertz CT molecular complexity index is 577. The fourth-order valence-corrected chi connectivity index (χ4v) is 3.12. The van der Waals surface area contributed by atoms with E-state index in [1.807, 2.05) is 13.8 Å². The molecule has 0 aromatic carbocycles. The minimum atomic E-state index is -0.146. The van der Waals surface area contributed by atoms with Crippen LogP contribution < -0.4 is 15.8 Å². The van der Waals surface area contributed by atoms with Crippen molar-refractivity contribution in [1.82, 2.24) is 15.1 Å². The van der Waals surface area contributed by atoms with Crippen molar-refractivity contribution in [3.05, 3.63) is 21.0 Å². The number of anilines is 1. The highest BCUT2D eigenvalue weighted by molar-refractivity contribution is 9.10. The molecule has 0 radical (unpaired) electrons. The molecule has 0 unspecified atom stereocenters. The summed E-state index contributed by atoms with van der Waals surface area (Å²) in [7, 11) is 1.62. The average molecular weight is 357 g/mol. The van der Waals surface area contributed by atoms with Gasteiger partial charge in [0.25, 0.3) is 5.56 Å². The van der Waals surface area contributed by atoms with E-state index < -0.39 is 0 Å². The number of carbonyl (C=O) groups is 1. The lowest BCUT2D eigenvalue weighted by Crippen LogP contribution is -2.43. The van der Waals surface area contributed by atoms with Gasteiger partial charge in [-0.3, -0.25) is 9.59 Å². The summed E-state index contributed by atoms with van der Waals surface area (Å²) in [5, 5.41) is 7.02. The normalized spacial score (nSPS) is 16.3. The number of nitrogens with zero attached hydrogens (tertiary/aromatic N) is 3. The summed E-state index contributed by atoms with van der Waals surface area (Å²) in [6.45, 7) is 5.44. The smallest absolute Gasteiger partial charge is 0.282 e. The van der Waals surface area contributed by atoms with Gasteiger partial charge in [-0.1, -0.05) is 0 Å². The van der Waals surface area contributed by atoms with Crippen molar-refractivity contribution in [2.24, 2.45) is 13.0 Å². The standard InChI is InChI=1S/C14H21BrN4O2/c1-9(2)17-13(20)10-4-6-19(7-5-10)11-8-16-18(3)14(21)12(11)15/h8-10H,4-7H2,1-3H3,(H,17,20). The molecule has 1 amide bonds. The van der Waals surface area contributed by atoms with Crippen LogP contribution in [-0.2, 0) is 11.8 Å². The Morgan fingerprint density at radius 2 is 2.05 bits per heavy atom. The summed E-state index contributed by atoms with van der Waals surface area (Å²) in [6.07, 6.45) is 3.28. The summed E-state index contributed by atoms with van der Waals surface area (Å²) < 4.78 is 1.83. The van der Waals surface area contributed by atoms with Gasteiger partial charge in [-0.25, -0.2) is 4.68 Å². The van der Waals surface area contributed by atoms with E-state index in [2.05, 4.69) is 31.2 Å². The lowest BCUT2D eigenvalue weighted by molar-refractivity contribution is -0.126. The second kappa shape index (κ2) is 6.60. The molecule has 1 aromatic rings. The Morgan fingerprint density at radius 1 is 1.43 bits per heavy atom. The maximum Gasteiger partial charge on any atom is 0.282 e.